The fraction of sp³-hybridized carbons (Fsp3) is 0.450. The van der Waals surface area contributed by atoms with Crippen LogP contribution in [0.1, 0.15) is 30.2 Å². The summed E-state index contributed by atoms with van der Waals surface area (Å²) in [6.07, 6.45) is 2.30. The summed E-state index contributed by atoms with van der Waals surface area (Å²) in [5, 5.41) is 9.13. The number of guanidine groups is 1. The monoisotopic (exact) mass is 484 g/mol. The molecule has 2 atom stereocenters. The van der Waals surface area contributed by atoms with Crippen LogP contribution >= 0.6 is 35.3 Å². The Morgan fingerprint density at radius 2 is 2.04 bits per heavy atom. The number of halogens is 1. The Bertz CT molecular complexity index is 660. The van der Waals surface area contributed by atoms with Crippen LogP contribution in [0.4, 0.5) is 0 Å². The summed E-state index contributed by atoms with van der Waals surface area (Å²) in [7, 11) is 1.84. The zero-order valence-electron chi connectivity index (χ0n) is 15.5. The van der Waals surface area contributed by atoms with E-state index in [1.165, 1.54) is 10.4 Å². The first-order chi connectivity index (χ1) is 12.2. The van der Waals surface area contributed by atoms with E-state index in [1.54, 1.807) is 11.3 Å². The Morgan fingerprint density at radius 1 is 1.23 bits per heavy atom. The number of nitrogens with one attached hydrogen (secondary N) is 2. The molecule has 1 aromatic carbocycles. The van der Waals surface area contributed by atoms with Crippen LogP contribution in [0.5, 0.6) is 0 Å². The molecule has 0 bridgehead atoms. The van der Waals surface area contributed by atoms with Gasteiger partial charge < -0.3 is 10.6 Å². The second kappa shape index (κ2) is 10.9. The van der Waals surface area contributed by atoms with Crippen molar-refractivity contribution in [3.05, 3.63) is 58.3 Å². The number of hydrogen-bond donors (Lipinski definition) is 2. The van der Waals surface area contributed by atoms with Gasteiger partial charge in [0.15, 0.2) is 5.96 Å². The molecule has 0 saturated carbocycles. The van der Waals surface area contributed by atoms with Crippen LogP contribution < -0.4 is 10.6 Å². The van der Waals surface area contributed by atoms with Gasteiger partial charge in [-0.2, -0.15) is 0 Å². The highest BCUT2D eigenvalue weighted by atomic mass is 127. The lowest BCUT2D eigenvalue weighted by Gasteiger charge is -2.38. The van der Waals surface area contributed by atoms with E-state index in [0.717, 1.165) is 38.4 Å². The van der Waals surface area contributed by atoms with Gasteiger partial charge in [0.1, 0.15) is 0 Å². The molecule has 3 rings (SSSR count). The quantitative estimate of drug-likeness (QED) is 0.382. The molecule has 2 heterocycles. The molecule has 2 unspecified atom stereocenters. The summed E-state index contributed by atoms with van der Waals surface area (Å²) in [5.74, 6) is 0.905. The molecule has 26 heavy (non-hydrogen) atoms. The van der Waals surface area contributed by atoms with Gasteiger partial charge in [-0.15, -0.1) is 35.3 Å². The maximum atomic E-state index is 4.38. The summed E-state index contributed by atoms with van der Waals surface area (Å²) in [6, 6.07) is 16.0. The van der Waals surface area contributed by atoms with E-state index in [2.05, 4.69) is 75.3 Å². The lowest BCUT2D eigenvalue weighted by atomic mass is 9.97. The fourth-order valence-corrected chi connectivity index (χ4v) is 4.02. The molecule has 1 aliphatic heterocycles. The summed E-state index contributed by atoms with van der Waals surface area (Å²) < 4.78 is 0. The van der Waals surface area contributed by atoms with E-state index in [4.69, 9.17) is 0 Å². The second-order valence-corrected chi connectivity index (χ2v) is 7.71. The third-order valence-corrected chi connectivity index (χ3v) is 5.69. The highest BCUT2D eigenvalue weighted by molar-refractivity contribution is 14.0. The van der Waals surface area contributed by atoms with Crippen molar-refractivity contribution in [1.29, 1.82) is 0 Å². The zero-order valence-corrected chi connectivity index (χ0v) is 18.7. The Kier molecular flexibility index (Phi) is 8.87. The molecule has 142 valence electrons. The number of thiophene rings is 1. The minimum Gasteiger partial charge on any atom is -0.354 e. The predicted molar refractivity (Wildman–Crippen MR) is 122 cm³/mol. The summed E-state index contributed by atoms with van der Waals surface area (Å²) >= 11 is 1.77. The SMILES string of the molecule is CN=C(NCc1cccs1)NC1CCN(Cc2ccccc2)C(C)C1.I. The van der Waals surface area contributed by atoms with E-state index >= 15 is 0 Å². The van der Waals surface area contributed by atoms with Gasteiger partial charge in [0.25, 0.3) is 0 Å². The van der Waals surface area contributed by atoms with Gasteiger partial charge in [0.05, 0.1) is 6.54 Å². The first kappa shape index (κ1) is 21.2. The molecule has 0 spiro atoms. The van der Waals surface area contributed by atoms with Gasteiger partial charge in [0, 0.05) is 37.1 Å². The van der Waals surface area contributed by atoms with Gasteiger partial charge in [-0.3, -0.25) is 9.89 Å². The summed E-state index contributed by atoms with van der Waals surface area (Å²) in [4.78, 5) is 8.29. The maximum Gasteiger partial charge on any atom is 0.191 e. The van der Waals surface area contributed by atoms with Crippen LogP contribution in [-0.4, -0.2) is 36.5 Å². The molecule has 2 aromatic rings. The minimum absolute atomic E-state index is 0. The van der Waals surface area contributed by atoms with Crippen molar-refractivity contribution in [3.63, 3.8) is 0 Å². The van der Waals surface area contributed by atoms with E-state index in [0.29, 0.717) is 12.1 Å². The van der Waals surface area contributed by atoms with Crippen LogP contribution in [0.25, 0.3) is 0 Å². The number of piperidine rings is 1. The number of nitrogens with zero attached hydrogens (tertiary/aromatic N) is 2. The topological polar surface area (TPSA) is 39.7 Å². The number of hydrogen-bond acceptors (Lipinski definition) is 3. The largest absolute Gasteiger partial charge is 0.354 e. The molecule has 1 fully saturated rings. The van der Waals surface area contributed by atoms with E-state index in [9.17, 15) is 0 Å². The van der Waals surface area contributed by atoms with Gasteiger partial charge >= 0.3 is 0 Å². The molecule has 1 aliphatic rings. The lowest BCUT2D eigenvalue weighted by molar-refractivity contribution is 0.134. The van der Waals surface area contributed by atoms with Crippen molar-refractivity contribution >= 4 is 41.3 Å². The fourth-order valence-electron chi connectivity index (χ4n) is 3.38. The normalized spacial score (nSPS) is 21.1. The third kappa shape index (κ3) is 6.25. The maximum absolute atomic E-state index is 4.38. The smallest absolute Gasteiger partial charge is 0.191 e. The van der Waals surface area contributed by atoms with E-state index in [-0.39, 0.29) is 24.0 Å². The van der Waals surface area contributed by atoms with Crippen LogP contribution in [0.2, 0.25) is 0 Å². The van der Waals surface area contributed by atoms with Gasteiger partial charge in [-0.05, 0) is 36.8 Å². The van der Waals surface area contributed by atoms with Gasteiger partial charge in [-0.1, -0.05) is 36.4 Å². The Hall–Kier alpha value is -1.12. The van der Waals surface area contributed by atoms with Crippen molar-refractivity contribution in [2.24, 2.45) is 4.99 Å². The first-order valence-corrected chi connectivity index (χ1v) is 9.90. The molecule has 0 aliphatic carbocycles. The zero-order chi connectivity index (χ0) is 17.5. The van der Waals surface area contributed by atoms with Gasteiger partial charge in [-0.25, -0.2) is 0 Å². The molecule has 1 aromatic heterocycles. The van der Waals surface area contributed by atoms with Crippen molar-refractivity contribution < 1.29 is 0 Å². The molecule has 0 amide bonds. The molecule has 2 N–H and O–H groups in total. The molecule has 6 heteroatoms. The van der Waals surface area contributed by atoms with E-state index < -0.39 is 0 Å². The number of aliphatic imine (C=N–C) groups is 1. The standard InChI is InChI=1S/C20H28N4S.HI/c1-16-13-18(10-11-24(16)15-17-7-4-3-5-8-17)23-20(21-2)22-14-19-9-6-12-25-19;/h3-9,12,16,18H,10-11,13-15H2,1-2H3,(H2,21,22,23);1H. The van der Waals surface area contributed by atoms with Gasteiger partial charge in [0.2, 0.25) is 0 Å². The van der Waals surface area contributed by atoms with Crippen LogP contribution in [0.15, 0.2) is 52.8 Å². The minimum atomic E-state index is 0. The average molecular weight is 484 g/mol. The summed E-state index contributed by atoms with van der Waals surface area (Å²) in [5.41, 5.74) is 1.40. The molecule has 0 radical (unpaired) electrons. The Morgan fingerprint density at radius 3 is 2.69 bits per heavy atom. The van der Waals surface area contributed by atoms with Crippen LogP contribution in [0.3, 0.4) is 0 Å². The van der Waals surface area contributed by atoms with Crippen molar-refractivity contribution in [1.82, 2.24) is 15.5 Å². The molecule has 4 nitrogen and oxygen atoms in total. The predicted octanol–water partition coefficient (Wildman–Crippen LogP) is 4.08. The Labute approximate surface area is 178 Å². The molecular formula is C20H29IN4S. The Balaban J connectivity index is 0.00000243. The number of rotatable bonds is 5. The number of benzene rings is 1. The highest BCUT2D eigenvalue weighted by Crippen LogP contribution is 2.20. The highest BCUT2D eigenvalue weighted by Gasteiger charge is 2.25. The lowest BCUT2D eigenvalue weighted by Crippen LogP contribution is -2.51. The first-order valence-electron chi connectivity index (χ1n) is 9.02. The van der Waals surface area contributed by atoms with E-state index in [1.807, 2.05) is 7.05 Å². The molecule has 1 saturated heterocycles. The van der Waals surface area contributed by atoms with Crippen molar-refractivity contribution in [3.8, 4) is 0 Å². The van der Waals surface area contributed by atoms with Crippen molar-refractivity contribution in [2.45, 2.75) is 44.9 Å². The number of likely N-dealkylation sites (tertiary alicyclic amines) is 1. The second-order valence-electron chi connectivity index (χ2n) is 6.68. The summed E-state index contributed by atoms with van der Waals surface area (Å²) in [6.45, 7) is 5.33. The van der Waals surface area contributed by atoms with Crippen LogP contribution in [0, 0.1) is 0 Å². The molecular weight excluding hydrogens is 455 g/mol. The average Bonchev–Trinajstić information content (AvgIpc) is 3.15. The van der Waals surface area contributed by atoms with Crippen molar-refractivity contribution in [2.75, 3.05) is 13.6 Å². The third-order valence-electron chi connectivity index (χ3n) is 4.82. The van der Waals surface area contributed by atoms with Crippen LogP contribution in [-0.2, 0) is 13.1 Å².